The van der Waals surface area contributed by atoms with Gasteiger partial charge in [-0.2, -0.15) is 0 Å². The van der Waals surface area contributed by atoms with Gasteiger partial charge in [0, 0.05) is 0 Å². The molecule has 0 spiro atoms. The van der Waals surface area contributed by atoms with Crippen LogP contribution in [0.3, 0.4) is 0 Å². The topological polar surface area (TPSA) is 0 Å². The summed E-state index contributed by atoms with van der Waals surface area (Å²) in [4.78, 5) is 0. The second-order valence-corrected chi connectivity index (χ2v) is 2.94. The van der Waals surface area contributed by atoms with E-state index in [0.717, 1.165) is 6.42 Å². The molecule has 2 rings (SSSR count). The first-order valence-corrected chi connectivity index (χ1v) is 6.02. The van der Waals surface area contributed by atoms with E-state index in [9.17, 15) is 0 Å². The minimum Gasteiger partial charge on any atom is -0.0807 e. The van der Waals surface area contributed by atoms with E-state index in [1.54, 1.807) is 11.1 Å². The van der Waals surface area contributed by atoms with Crippen LogP contribution in [-0.4, -0.2) is 0 Å². The maximum absolute atomic E-state index is 2.36. The van der Waals surface area contributed by atoms with Gasteiger partial charge in [0.2, 0.25) is 0 Å². The fourth-order valence-corrected chi connectivity index (χ4v) is 1.69. The molecule has 0 heteroatoms. The molecule has 0 aromatic rings. The van der Waals surface area contributed by atoms with E-state index in [4.69, 9.17) is 0 Å². The summed E-state index contributed by atoms with van der Waals surface area (Å²) >= 11 is 0. The Balaban J connectivity index is 0.000000379. The zero-order chi connectivity index (χ0) is 10.8. The zero-order valence-corrected chi connectivity index (χ0v) is 10.1. The van der Waals surface area contributed by atoms with Gasteiger partial charge in [-0.3, -0.25) is 0 Å². The van der Waals surface area contributed by atoms with Gasteiger partial charge in [-0.05, 0) is 36.8 Å². The van der Waals surface area contributed by atoms with Gasteiger partial charge in [0.15, 0.2) is 0 Å². The van der Waals surface area contributed by atoms with Crippen LogP contribution in [0.5, 0.6) is 0 Å². The molecule has 0 aromatic heterocycles. The van der Waals surface area contributed by atoms with E-state index in [-0.39, 0.29) is 0 Å². The molecule has 0 N–H and O–H groups in total. The van der Waals surface area contributed by atoms with Crippen molar-refractivity contribution in [1.82, 2.24) is 0 Å². The van der Waals surface area contributed by atoms with Gasteiger partial charge in [-0.1, -0.05) is 52.0 Å². The first-order valence-electron chi connectivity index (χ1n) is 6.02. The van der Waals surface area contributed by atoms with Crippen LogP contribution in [0.15, 0.2) is 35.5 Å². The highest BCUT2D eigenvalue weighted by Gasteiger charge is 2.12. The van der Waals surface area contributed by atoms with Crippen LogP contribution in [0.4, 0.5) is 0 Å². The SMILES string of the molecule is C1=CCC=C2CCCC2=C1.CC.CC. The third kappa shape index (κ3) is 3.95. The van der Waals surface area contributed by atoms with Gasteiger partial charge in [0.05, 0.1) is 0 Å². The Hall–Kier alpha value is -0.780. The van der Waals surface area contributed by atoms with Crippen molar-refractivity contribution in [1.29, 1.82) is 0 Å². The highest BCUT2D eigenvalue weighted by Crippen LogP contribution is 2.31. The van der Waals surface area contributed by atoms with E-state index in [1.165, 1.54) is 19.3 Å². The van der Waals surface area contributed by atoms with Crippen LogP contribution in [0.25, 0.3) is 0 Å². The molecule has 0 radical (unpaired) electrons. The van der Waals surface area contributed by atoms with Crippen molar-refractivity contribution in [2.75, 3.05) is 0 Å². The smallest absolute Gasteiger partial charge is 0.0160 e. The number of rotatable bonds is 0. The van der Waals surface area contributed by atoms with Gasteiger partial charge in [0.1, 0.15) is 0 Å². The summed E-state index contributed by atoms with van der Waals surface area (Å²) in [5.41, 5.74) is 3.18. The Morgan fingerprint density at radius 3 is 2.29 bits per heavy atom. The van der Waals surface area contributed by atoms with Gasteiger partial charge < -0.3 is 0 Å². The van der Waals surface area contributed by atoms with E-state index < -0.39 is 0 Å². The predicted molar refractivity (Wildman–Crippen MR) is 66.5 cm³/mol. The number of fused-ring (bicyclic) bond motifs is 1. The zero-order valence-electron chi connectivity index (χ0n) is 10.1. The van der Waals surface area contributed by atoms with Crippen molar-refractivity contribution in [2.45, 2.75) is 53.4 Å². The molecule has 0 aliphatic heterocycles. The van der Waals surface area contributed by atoms with E-state index >= 15 is 0 Å². The molecule has 1 fully saturated rings. The van der Waals surface area contributed by atoms with Crippen LogP contribution in [0.1, 0.15) is 53.4 Å². The van der Waals surface area contributed by atoms with E-state index in [0.29, 0.717) is 0 Å². The molecule has 0 aromatic carbocycles. The molecule has 80 valence electrons. The largest absolute Gasteiger partial charge is 0.0807 e. The minimum atomic E-state index is 1.13. The Labute approximate surface area is 89.4 Å². The third-order valence-electron chi connectivity index (χ3n) is 2.24. The molecule has 0 amide bonds. The third-order valence-corrected chi connectivity index (χ3v) is 2.24. The van der Waals surface area contributed by atoms with E-state index in [2.05, 4.69) is 24.3 Å². The molecule has 0 nitrogen and oxygen atoms in total. The highest BCUT2D eigenvalue weighted by molar-refractivity contribution is 5.39. The average Bonchev–Trinajstić information content (AvgIpc) is 2.61. The lowest BCUT2D eigenvalue weighted by molar-refractivity contribution is 0.930. The van der Waals surface area contributed by atoms with Gasteiger partial charge >= 0.3 is 0 Å². The van der Waals surface area contributed by atoms with Crippen molar-refractivity contribution in [2.24, 2.45) is 0 Å². The van der Waals surface area contributed by atoms with Crippen LogP contribution >= 0.6 is 0 Å². The second kappa shape index (κ2) is 8.80. The fraction of sp³-hybridized carbons (Fsp3) is 0.571. The number of allylic oxidation sites excluding steroid dienone is 6. The molecule has 0 unspecified atom stereocenters. The molecule has 0 bridgehead atoms. The van der Waals surface area contributed by atoms with Gasteiger partial charge in [-0.15, -0.1) is 0 Å². The summed E-state index contributed by atoms with van der Waals surface area (Å²) in [6.45, 7) is 8.00. The summed E-state index contributed by atoms with van der Waals surface area (Å²) in [6, 6.07) is 0. The summed E-state index contributed by atoms with van der Waals surface area (Å²) in [5, 5.41) is 0. The lowest BCUT2D eigenvalue weighted by Crippen LogP contribution is -1.74. The van der Waals surface area contributed by atoms with Crippen LogP contribution in [0.2, 0.25) is 0 Å². The van der Waals surface area contributed by atoms with Crippen LogP contribution in [0, 0.1) is 0 Å². The maximum atomic E-state index is 2.36. The monoisotopic (exact) mass is 192 g/mol. The average molecular weight is 192 g/mol. The minimum absolute atomic E-state index is 1.13. The van der Waals surface area contributed by atoms with Crippen LogP contribution < -0.4 is 0 Å². The molecule has 0 heterocycles. The molecular weight excluding hydrogens is 168 g/mol. The highest BCUT2D eigenvalue weighted by atomic mass is 14.2. The lowest BCUT2D eigenvalue weighted by atomic mass is 10.1. The Morgan fingerprint density at radius 2 is 1.57 bits per heavy atom. The molecule has 2 aliphatic carbocycles. The van der Waals surface area contributed by atoms with Gasteiger partial charge in [0.25, 0.3) is 0 Å². The van der Waals surface area contributed by atoms with Crippen molar-refractivity contribution >= 4 is 0 Å². The Bertz CT molecular complexity index is 216. The number of hydrogen-bond acceptors (Lipinski definition) is 0. The van der Waals surface area contributed by atoms with Crippen molar-refractivity contribution < 1.29 is 0 Å². The summed E-state index contributed by atoms with van der Waals surface area (Å²) in [6.07, 6.45) is 14.2. The predicted octanol–water partition coefficient (Wildman–Crippen LogP) is 5.04. The molecule has 0 atom stereocenters. The quantitative estimate of drug-likeness (QED) is 0.504. The van der Waals surface area contributed by atoms with Crippen molar-refractivity contribution in [3.63, 3.8) is 0 Å². The standard InChI is InChI=1S/C10H12.2C2H6/c1-2-5-9-7-4-8-10(9)6-3-1;2*1-2/h1-2,5-6H,3-4,7-8H2;2*1-2H3. The normalized spacial score (nSPS) is 17.4. The van der Waals surface area contributed by atoms with Crippen molar-refractivity contribution in [3.8, 4) is 0 Å². The second-order valence-electron chi connectivity index (χ2n) is 2.94. The molecule has 2 aliphatic rings. The Morgan fingerprint density at radius 1 is 0.929 bits per heavy atom. The van der Waals surface area contributed by atoms with E-state index in [1.807, 2.05) is 27.7 Å². The van der Waals surface area contributed by atoms with Crippen molar-refractivity contribution in [3.05, 3.63) is 35.5 Å². The fourth-order valence-electron chi connectivity index (χ4n) is 1.69. The van der Waals surface area contributed by atoms with Crippen LogP contribution in [-0.2, 0) is 0 Å². The first-order chi connectivity index (χ1) is 6.97. The molecular formula is C14H24. The lowest BCUT2D eigenvalue weighted by Gasteiger charge is -1.94. The molecule has 0 saturated heterocycles. The van der Waals surface area contributed by atoms with Gasteiger partial charge in [-0.25, -0.2) is 0 Å². The Kier molecular flexibility index (Phi) is 8.31. The summed E-state index contributed by atoms with van der Waals surface area (Å²) in [7, 11) is 0. The number of hydrogen-bond donors (Lipinski definition) is 0. The summed E-state index contributed by atoms with van der Waals surface area (Å²) in [5.74, 6) is 0. The maximum Gasteiger partial charge on any atom is -0.0160 e. The first kappa shape index (κ1) is 13.2. The molecule has 1 saturated carbocycles. The summed E-state index contributed by atoms with van der Waals surface area (Å²) < 4.78 is 0. The molecule has 14 heavy (non-hydrogen) atoms.